The molecule has 0 radical (unpaired) electrons. The van der Waals surface area contributed by atoms with Crippen LogP contribution in [0.2, 0.25) is 0 Å². The lowest BCUT2D eigenvalue weighted by molar-refractivity contribution is -0.389. The molecule has 0 N–H and O–H groups in total. The largest absolute Gasteiger partial charge is 0.442 e. The fraction of sp³-hybridized carbons (Fsp3) is 0.800. The monoisotopic (exact) mass is 404 g/mol. The lowest BCUT2D eigenvalue weighted by atomic mass is 9.64. The molecule has 4 unspecified atom stereocenters. The Hall–Kier alpha value is -1.31. The average Bonchev–Trinajstić information content (AvgIpc) is 3.07. The molecule has 0 aromatic rings. The van der Waals surface area contributed by atoms with Crippen LogP contribution in [0.15, 0.2) is 12.2 Å². The lowest BCUT2D eigenvalue weighted by Gasteiger charge is -2.44. The molecule has 0 amide bonds. The van der Waals surface area contributed by atoms with E-state index < -0.39 is 11.2 Å². The molecule has 2 saturated carbocycles. The van der Waals surface area contributed by atoms with Gasteiger partial charge in [-0.05, 0) is 64.7 Å². The second-order valence-electron chi connectivity index (χ2n) is 10.8. The van der Waals surface area contributed by atoms with Crippen molar-refractivity contribution in [2.75, 3.05) is 0 Å². The molecule has 0 aromatic heterocycles. The molecule has 2 fully saturated rings. The Morgan fingerprint density at radius 1 is 1.21 bits per heavy atom. The minimum Gasteiger partial charge on any atom is -0.442 e. The summed E-state index contributed by atoms with van der Waals surface area (Å²) in [7, 11) is 0. The normalized spacial score (nSPS) is 30.6. The topological polar surface area (TPSA) is 44.8 Å². The van der Waals surface area contributed by atoms with Crippen molar-refractivity contribution in [1.82, 2.24) is 0 Å². The first-order valence-electron chi connectivity index (χ1n) is 11.0. The Kier molecular flexibility index (Phi) is 6.68. The summed E-state index contributed by atoms with van der Waals surface area (Å²) >= 11 is 0. The maximum Gasteiger partial charge on any atom is 0.334 e. The van der Waals surface area contributed by atoms with Gasteiger partial charge in [-0.15, -0.1) is 0 Å². The fourth-order valence-electron chi connectivity index (χ4n) is 4.84. The predicted octanol–water partition coefficient (Wildman–Crippen LogP) is 5.86. The second-order valence-corrected chi connectivity index (χ2v) is 10.8. The third-order valence-electron chi connectivity index (χ3n) is 7.04. The molecular weight excluding hydrogens is 364 g/mol. The van der Waals surface area contributed by atoms with E-state index in [0.717, 1.165) is 25.7 Å². The van der Waals surface area contributed by atoms with Crippen molar-refractivity contribution in [2.45, 2.75) is 105 Å². The van der Waals surface area contributed by atoms with E-state index in [1.165, 1.54) is 0 Å². The number of hydrogen-bond acceptors (Lipinski definition) is 4. The third-order valence-corrected chi connectivity index (χ3v) is 7.04. The minimum atomic E-state index is -0.811. The van der Waals surface area contributed by atoms with Crippen molar-refractivity contribution in [2.24, 2.45) is 23.2 Å². The van der Waals surface area contributed by atoms with Crippen LogP contribution in [-0.2, 0) is 19.3 Å². The van der Waals surface area contributed by atoms with Crippen LogP contribution >= 0.6 is 0 Å². The summed E-state index contributed by atoms with van der Waals surface area (Å²) in [6, 6.07) is 0. The molecule has 0 saturated heterocycles. The molecule has 0 aliphatic heterocycles. The molecule has 2 bridgehead atoms. The van der Waals surface area contributed by atoms with E-state index in [2.05, 4.69) is 46.1 Å². The van der Waals surface area contributed by atoms with E-state index in [1.807, 2.05) is 27.7 Å². The number of rotatable bonds is 7. The van der Waals surface area contributed by atoms with Gasteiger partial charge in [-0.25, -0.2) is 14.6 Å². The van der Waals surface area contributed by atoms with Crippen LogP contribution in [0.25, 0.3) is 0 Å². The summed E-state index contributed by atoms with van der Waals surface area (Å²) in [5, 5.41) is 0. The standard InChI is InChI=1S/C25H40O4/c1-11-12-22(5,6)28-29-23(7,8)13-14-25(27-21(26)17(2)3)16-19-15-20(25)18(4)24(19,9)10/h18-20H,2,11-12,15-16H2,1,3-10H3. The highest BCUT2D eigenvalue weighted by Gasteiger charge is 2.63. The van der Waals surface area contributed by atoms with Gasteiger partial charge in [0.15, 0.2) is 11.2 Å². The molecule has 2 aliphatic rings. The van der Waals surface area contributed by atoms with E-state index in [9.17, 15) is 4.79 Å². The van der Waals surface area contributed by atoms with Crippen LogP contribution in [0.1, 0.15) is 88.0 Å². The van der Waals surface area contributed by atoms with Gasteiger partial charge in [-0.1, -0.05) is 52.5 Å². The van der Waals surface area contributed by atoms with Gasteiger partial charge < -0.3 is 4.74 Å². The van der Waals surface area contributed by atoms with Gasteiger partial charge in [-0.3, -0.25) is 0 Å². The van der Waals surface area contributed by atoms with Crippen LogP contribution in [0.5, 0.6) is 0 Å². The predicted molar refractivity (Wildman–Crippen MR) is 116 cm³/mol. The zero-order valence-corrected chi connectivity index (χ0v) is 19.9. The third kappa shape index (κ3) is 5.06. The number of ether oxygens (including phenoxy) is 1. The Labute approximate surface area is 177 Å². The van der Waals surface area contributed by atoms with Gasteiger partial charge >= 0.3 is 5.97 Å². The number of hydrogen-bond donors (Lipinski definition) is 0. The molecule has 29 heavy (non-hydrogen) atoms. The molecule has 0 heterocycles. The van der Waals surface area contributed by atoms with Gasteiger partial charge in [0.25, 0.3) is 0 Å². The summed E-state index contributed by atoms with van der Waals surface area (Å²) in [5.74, 6) is 7.33. The van der Waals surface area contributed by atoms with Crippen LogP contribution < -0.4 is 0 Å². The van der Waals surface area contributed by atoms with Crippen LogP contribution in [0, 0.1) is 35.0 Å². The van der Waals surface area contributed by atoms with Gasteiger partial charge in [0, 0.05) is 17.9 Å². The quantitative estimate of drug-likeness (QED) is 0.175. The zero-order valence-electron chi connectivity index (χ0n) is 19.9. The molecule has 2 aliphatic carbocycles. The van der Waals surface area contributed by atoms with E-state index >= 15 is 0 Å². The Balaban J connectivity index is 2.27. The zero-order chi connectivity index (χ0) is 22.3. The van der Waals surface area contributed by atoms with Crippen LogP contribution in [-0.4, -0.2) is 22.8 Å². The van der Waals surface area contributed by atoms with Crippen molar-refractivity contribution in [3.8, 4) is 11.8 Å². The van der Waals surface area contributed by atoms with Crippen molar-refractivity contribution < 1.29 is 19.3 Å². The second kappa shape index (κ2) is 8.08. The number of carbonyl (C=O) groups excluding carboxylic acids is 1. The fourth-order valence-corrected chi connectivity index (χ4v) is 4.84. The molecule has 4 heteroatoms. The summed E-state index contributed by atoms with van der Waals surface area (Å²) in [4.78, 5) is 23.9. The first-order valence-corrected chi connectivity index (χ1v) is 11.0. The summed E-state index contributed by atoms with van der Waals surface area (Å²) in [5.41, 5.74) is -1.34. The minimum absolute atomic E-state index is 0.214. The molecular formula is C25H40O4. The van der Waals surface area contributed by atoms with E-state index in [0.29, 0.717) is 17.4 Å². The molecule has 0 spiro atoms. The number of esters is 1. The van der Waals surface area contributed by atoms with Gasteiger partial charge in [0.2, 0.25) is 0 Å². The maximum atomic E-state index is 12.5. The Morgan fingerprint density at radius 3 is 2.31 bits per heavy atom. The van der Waals surface area contributed by atoms with Crippen LogP contribution in [0.4, 0.5) is 0 Å². The van der Waals surface area contributed by atoms with Crippen molar-refractivity contribution in [3.63, 3.8) is 0 Å². The van der Waals surface area contributed by atoms with E-state index in [-0.39, 0.29) is 22.9 Å². The first kappa shape index (κ1) is 24.0. The Bertz CT molecular complexity index is 702. The van der Waals surface area contributed by atoms with Crippen molar-refractivity contribution >= 4 is 5.97 Å². The van der Waals surface area contributed by atoms with Crippen molar-refractivity contribution in [3.05, 3.63) is 12.2 Å². The first-order chi connectivity index (χ1) is 13.2. The van der Waals surface area contributed by atoms with Gasteiger partial charge in [-0.2, -0.15) is 0 Å². The van der Waals surface area contributed by atoms with Crippen molar-refractivity contribution in [1.29, 1.82) is 0 Å². The lowest BCUT2D eigenvalue weighted by Crippen LogP contribution is -2.47. The SMILES string of the molecule is C=C(C)C(=O)OC1(C#CC(C)(C)OOC(C)(C)CCC)CC2CC1C(C)C2(C)C. The highest BCUT2D eigenvalue weighted by atomic mass is 17.2. The summed E-state index contributed by atoms with van der Waals surface area (Å²) in [6.07, 6.45) is 3.71. The van der Waals surface area contributed by atoms with Gasteiger partial charge in [0.05, 0.1) is 5.60 Å². The van der Waals surface area contributed by atoms with E-state index in [4.69, 9.17) is 14.5 Å². The molecule has 164 valence electrons. The van der Waals surface area contributed by atoms with E-state index in [1.54, 1.807) is 6.92 Å². The molecule has 4 nitrogen and oxygen atoms in total. The van der Waals surface area contributed by atoms with Gasteiger partial charge in [0.1, 0.15) is 0 Å². The highest BCUT2D eigenvalue weighted by molar-refractivity contribution is 5.87. The summed E-state index contributed by atoms with van der Waals surface area (Å²) < 4.78 is 6.03. The molecule has 2 rings (SSSR count). The smallest absolute Gasteiger partial charge is 0.334 e. The molecule has 4 atom stereocenters. The Morgan fingerprint density at radius 2 is 1.83 bits per heavy atom. The highest BCUT2D eigenvalue weighted by Crippen LogP contribution is 2.63. The average molecular weight is 405 g/mol. The molecule has 0 aromatic carbocycles. The summed E-state index contributed by atoms with van der Waals surface area (Å²) in [6.45, 7) is 22.2. The number of fused-ring (bicyclic) bond motifs is 2. The number of carbonyl (C=O) groups is 1. The maximum absolute atomic E-state index is 12.5. The van der Waals surface area contributed by atoms with Crippen LogP contribution in [0.3, 0.4) is 0 Å².